The van der Waals surface area contributed by atoms with Gasteiger partial charge in [-0.2, -0.15) is 0 Å². The van der Waals surface area contributed by atoms with Crippen LogP contribution >= 0.6 is 0 Å². The lowest BCUT2D eigenvalue weighted by Gasteiger charge is -2.21. The van der Waals surface area contributed by atoms with Gasteiger partial charge < -0.3 is 5.11 Å². The molecule has 0 aliphatic heterocycles. The van der Waals surface area contributed by atoms with Gasteiger partial charge in [-0.15, -0.1) is 0 Å². The fraction of sp³-hybridized carbons (Fsp3) is 0.875. The van der Waals surface area contributed by atoms with Crippen molar-refractivity contribution in [1.29, 1.82) is 0 Å². The Balaban J connectivity index is 4.19. The average Bonchev–Trinajstić information content (AvgIpc) is 1.86. The molecule has 0 fully saturated rings. The molecule has 2 heteroatoms. The van der Waals surface area contributed by atoms with E-state index in [1.165, 1.54) is 0 Å². The van der Waals surface area contributed by atoms with E-state index in [1.807, 2.05) is 0 Å². The number of rotatable bonds is 3. The van der Waals surface area contributed by atoms with Gasteiger partial charge in [0.2, 0.25) is 0 Å². The maximum absolute atomic E-state index is 11.1. The molecule has 0 saturated carbocycles. The summed E-state index contributed by atoms with van der Waals surface area (Å²) in [6, 6.07) is 0. The van der Waals surface area contributed by atoms with Crippen LogP contribution in [0.3, 0.4) is 0 Å². The quantitative estimate of drug-likeness (QED) is 0.649. The van der Waals surface area contributed by atoms with Crippen LogP contribution in [-0.4, -0.2) is 16.5 Å². The van der Waals surface area contributed by atoms with E-state index in [2.05, 4.69) is 0 Å². The summed E-state index contributed by atoms with van der Waals surface area (Å²) in [7, 11) is 0. The zero-order valence-electron chi connectivity index (χ0n) is 7.14. The molecular formula is C8H16O2. The molecule has 10 heavy (non-hydrogen) atoms. The Bertz CT molecular complexity index is 125. The highest BCUT2D eigenvalue weighted by molar-refractivity contribution is 5.88. The van der Waals surface area contributed by atoms with Crippen molar-refractivity contribution in [2.75, 3.05) is 0 Å². The maximum atomic E-state index is 11.1. The minimum Gasteiger partial charge on any atom is -0.382 e. The van der Waals surface area contributed by atoms with Crippen LogP contribution in [0.25, 0.3) is 0 Å². The Morgan fingerprint density at radius 1 is 1.60 bits per heavy atom. The van der Waals surface area contributed by atoms with Crippen LogP contribution in [0.5, 0.6) is 0 Å². The fourth-order valence-electron chi connectivity index (χ4n) is 0.796. The monoisotopic (exact) mass is 144 g/mol. The molecule has 2 nitrogen and oxygen atoms in total. The summed E-state index contributed by atoms with van der Waals surface area (Å²) in [5.74, 6) is -0.148. The van der Waals surface area contributed by atoms with Gasteiger partial charge in [0, 0.05) is 5.92 Å². The molecule has 60 valence electrons. The number of hydrogen-bond acceptors (Lipinski definition) is 2. The van der Waals surface area contributed by atoms with Crippen LogP contribution in [0.1, 0.15) is 34.1 Å². The van der Waals surface area contributed by atoms with E-state index in [0.717, 1.165) is 0 Å². The Kier molecular flexibility index (Phi) is 3.03. The molecule has 0 amide bonds. The summed E-state index contributed by atoms with van der Waals surface area (Å²) in [5.41, 5.74) is -1.12. The van der Waals surface area contributed by atoms with E-state index < -0.39 is 5.60 Å². The molecule has 0 rings (SSSR count). The normalized spacial score (nSPS) is 17.0. The molecule has 1 unspecified atom stereocenters. The average molecular weight is 144 g/mol. The van der Waals surface area contributed by atoms with Crippen molar-refractivity contribution in [3.63, 3.8) is 0 Å². The molecule has 0 heterocycles. The molecule has 0 spiro atoms. The van der Waals surface area contributed by atoms with E-state index >= 15 is 0 Å². The van der Waals surface area contributed by atoms with Crippen LogP contribution in [-0.2, 0) is 4.79 Å². The minimum atomic E-state index is -1.12. The third kappa shape index (κ3) is 2.10. The van der Waals surface area contributed by atoms with Gasteiger partial charge in [0.1, 0.15) is 5.60 Å². The zero-order chi connectivity index (χ0) is 8.36. The Morgan fingerprint density at radius 3 is 2.10 bits per heavy atom. The van der Waals surface area contributed by atoms with Crippen LogP contribution in [0.4, 0.5) is 0 Å². The smallest absolute Gasteiger partial charge is 0.166 e. The molecular weight excluding hydrogens is 128 g/mol. The van der Waals surface area contributed by atoms with Gasteiger partial charge >= 0.3 is 0 Å². The Labute approximate surface area is 62.2 Å². The summed E-state index contributed by atoms with van der Waals surface area (Å²) in [6.07, 6.45) is 0.490. The molecule has 0 aromatic rings. The second-order valence-electron chi connectivity index (χ2n) is 3.15. The van der Waals surface area contributed by atoms with Crippen LogP contribution in [0.2, 0.25) is 0 Å². The van der Waals surface area contributed by atoms with Gasteiger partial charge in [0.25, 0.3) is 0 Å². The summed E-state index contributed by atoms with van der Waals surface area (Å²) in [5, 5.41) is 9.41. The van der Waals surface area contributed by atoms with Crippen molar-refractivity contribution < 1.29 is 9.90 Å². The Morgan fingerprint density at radius 2 is 2.00 bits per heavy atom. The summed E-state index contributed by atoms with van der Waals surface area (Å²) < 4.78 is 0. The van der Waals surface area contributed by atoms with Gasteiger partial charge in [-0.3, -0.25) is 4.79 Å². The van der Waals surface area contributed by atoms with Crippen LogP contribution in [0, 0.1) is 5.92 Å². The number of hydrogen-bond donors (Lipinski definition) is 1. The topological polar surface area (TPSA) is 37.3 Å². The fourth-order valence-corrected chi connectivity index (χ4v) is 0.796. The van der Waals surface area contributed by atoms with Gasteiger partial charge in [0.05, 0.1) is 0 Å². The molecule has 0 saturated heterocycles. The van der Waals surface area contributed by atoms with Crippen LogP contribution in [0.15, 0.2) is 0 Å². The van der Waals surface area contributed by atoms with Crippen molar-refractivity contribution in [2.24, 2.45) is 5.92 Å². The van der Waals surface area contributed by atoms with Crippen molar-refractivity contribution >= 4 is 5.78 Å². The lowest BCUT2D eigenvalue weighted by atomic mass is 9.90. The van der Waals surface area contributed by atoms with Crippen LogP contribution < -0.4 is 0 Å². The summed E-state index contributed by atoms with van der Waals surface area (Å²) in [4.78, 5) is 11.1. The van der Waals surface area contributed by atoms with E-state index in [4.69, 9.17) is 0 Å². The second kappa shape index (κ2) is 3.15. The van der Waals surface area contributed by atoms with Gasteiger partial charge in [-0.25, -0.2) is 0 Å². The number of Topliss-reactive ketones (excluding diaryl/α,β-unsaturated/α-hetero) is 1. The lowest BCUT2D eigenvalue weighted by Crippen LogP contribution is -2.37. The first kappa shape index (κ1) is 9.63. The van der Waals surface area contributed by atoms with Crippen molar-refractivity contribution in [2.45, 2.75) is 39.7 Å². The maximum Gasteiger partial charge on any atom is 0.166 e. The van der Waals surface area contributed by atoms with Crippen molar-refractivity contribution in [3.8, 4) is 0 Å². The largest absolute Gasteiger partial charge is 0.382 e. The highest BCUT2D eigenvalue weighted by Crippen LogP contribution is 2.14. The molecule has 0 bridgehead atoms. The van der Waals surface area contributed by atoms with E-state index in [0.29, 0.717) is 6.42 Å². The number of aliphatic hydroxyl groups is 1. The molecule has 1 atom stereocenters. The zero-order valence-corrected chi connectivity index (χ0v) is 7.14. The third-order valence-electron chi connectivity index (χ3n) is 1.74. The molecule has 0 aromatic heterocycles. The summed E-state index contributed by atoms with van der Waals surface area (Å²) >= 11 is 0. The Hall–Kier alpha value is -0.370. The molecule has 0 aliphatic rings. The van der Waals surface area contributed by atoms with E-state index in [-0.39, 0.29) is 11.7 Å². The van der Waals surface area contributed by atoms with E-state index in [9.17, 15) is 9.90 Å². The second-order valence-corrected chi connectivity index (χ2v) is 3.15. The highest BCUT2D eigenvalue weighted by Gasteiger charge is 2.29. The minimum absolute atomic E-state index is 0.0741. The lowest BCUT2D eigenvalue weighted by molar-refractivity contribution is -0.139. The number of carbonyl (C=O) groups excluding carboxylic acids is 1. The molecule has 0 aliphatic carbocycles. The predicted octanol–water partition coefficient (Wildman–Crippen LogP) is 1.37. The molecule has 1 N–H and O–H groups in total. The van der Waals surface area contributed by atoms with Crippen molar-refractivity contribution in [3.05, 3.63) is 0 Å². The first-order chi connectivity index (χ1) is 4.41. The number of ketones is 1. The summed E-state index contributed by atoms with van der Waals surface area (Å²) in [6.45, 7) is 6.97. The van der Waals surface area contributed by atoms with Crippen molar-refractivity contribution in [1.82, 2.24) is 0 Å². The molecule has 0 radical (unpaired) electrons. The SMILES string of the molecule is CCC(C)(O)C(=O)C(C)C. The van der Waals surface area contributed by atoms with Gasteiger partial charge in [0.15, 0.2) is 5.78 Å². The molecule has 0 aromatic carbocycles. The van der Waals surface area contributed by atoms with Gasteiger partial charge in [-0.1, -0.05) is 20.8 Å². The first-order valence-corrected chi connectivity index (χ1v) is 3.68. The highest BCUT2D eigenvalue weighted by atomic mass is 16.3. The third-order valence-corrected chi connectivity index (χ3v) is 1.74. The van der Waals surface area contributed by atoms with E-state index in [1.54, 1.807) is 27.7 Å². The first-order valence-electron chi connectivity index (χ1n) is 3.68. The van der Waals surface area contributed by atoms with Gasteiger partial charge in [-0.05, 0) is 13.3 Å². The predicted molar refractivity (Wildman–Crippen MR) is 40.8 cm³/mol. The number of carbonyl (C=O) groups is 1. The standard InChI is InChI=1S/C8H16O2/c1-5-8(4,10)7(9)6(2)3/h6,10H,5H2,1-4H3.